The summed E-state index contributed by atoms with van der Waals surface area (Å²) in [6.07, 6.45) is 5.17. The van der Waals surface area contributed by atoms with Crippen LogP contribution in [-0.4, -0.2) is 38.4 Å². The van der Waals surface area contributed by atoms with Crippen molar-refractivity contribution in [2.45, 2.75) is 33.2 Å². The van der Waals surface area contributed by atoms with Gasteiger partial charge in [0, 0.05) is 34.2 Å². The van der Waals surface area contributed by atoms with Gasteiger partial charge in [0.15, 0.2) is 17.5 Å². The highest BCUT2D eigenvalue weighted by atomic mass is 35.5. The van der Waals surface area contributed by atoms with Gasteiger partial charge in [-0.25, -0.2) is 19.3 Å². The number of rotatable bonds is 7. The molecule has 3 aromatic rings. The number of carbonyl (C=O) groups excluding carboxylic acids is 1. The molecule has 0 bridgehead atoms. The average molecular weight is 411 g/mol. The molecule has 154 valence electrons. The first-order chi connectivity index (χ1) is 13.3. The number of hydrogen-bond donors (Lipinski definition) is 3. The number of aromatic nitrogens is 4. The Labute approximate surface area is 171 Å². The van der Waals surface area contributed by atoms with Gasteiger partial charge in [-0.3, -0.25) is 4.79 Å². The molecule has 9 heteroatoms. The maximum atomic E-state index is 14.2. The van der Waals surface area contributed by atoms with Crippen molar-refractivity contribution < 1.29 is 13.5 Å². The molecule has 3 rings (SSSR count). The second-order valence-electron chi connectivity index (χ2n) is 6.98. The molecule has 3 N–H and O–H groups in total. The topological polar surface area (TPSA) is 95.6 Å². The highest BCUT2D eigenvalue weighted by Crippen LogP contribution is 2.28. The predicted molar refractivity (Wildman–Crippen MR) is 114 cm³/mol. The van der Waals surface area contributed by atoms with Crippen LogP contribution in [-0.2, 0) is 4.79 Å². The van der Waals surface area contributed by atoms with Gasteiger partial charge in [-0.1, -0.05) is 25.4 Å². The van der Waals surface area contributed by atoms with E-state index in [1.54, 1.807) is 19.2 Å². The van der Waals surface area contributed by atoms with Crippen LogP contribution in [0.25, 0.3) is 22.4 Å². The van der Waals surface area contributed by atoms with Crippen LogP contribution >= 0.6 is 11.6 Å². The number of carbonyl (C=O) groups is 1. The molecule has 0 unspecified atom stereocenters. The van der Waals surface area contributed by atoms with Crippen molar-refractivity contribution in [3.05, 3.63) is 35.5 Å². The Kier molecular flexibility index (Phi) is 6.08. The lowest BCUT2D eigenvalue weighted by Crippen LogP contribution is -2.38. The summed E-state index contributed by atoms with van der Waals surface area (Å²) in [5.74, 6) is -0.109. The Hall–Kier alpha value is -2.74. The molecule has 7 nitrogen and oxygen atoms in total. The fraction of sp³-hybridized carbons (Fsp3) is 0.368. The zero-order valence-electron chi connectivity index (χ0n) is 15.9. The summed E-state index contributed by atoms with van der Waals surface area (Å²) in [7, 11) is 0. The fourth-order valence-corrected chi connectivity index (χ4v) is 2.83. The van der Waals surface area contributed by atoms with Gasteiger partial charge in [0.1, 0.15) is 11.7 Å². The van der Waals surface area contributed by atoms with Crippen molar-refractivity contribution in [1.29, 1.82) is 0 Å². The molecule has 0 spiro atoms. The van der Waals surface area contributed by atoms with Crippen LogP contribution in [0.1, 0.15) is 31.5 Å². The van der Waals surface area contributed by atoms with Crippen molar-refractivity contribution in [3.8, 4) is 11.4 Å². The lowest BCUT2D eigenvalue weighted by molar-refractivity contribution is -0.121. The molecule has 0 aliphatic carbocycles. The quantitative estimate of drug-likeness (QED) is 0.532. The molecule has 0 radical (unpaired) electrons. The van der Waals surface area contributed by atoms with E-state index in [-0.39, 0.29) is 16.0 Å². The van der Waals surface area contributed by atoms with Gasteiger partial charge >= 0.3 is 0 Å². The van der Waals surface area contributed by atoms with Crippen LogP contribution < -0.4 is 10.6 Å². The molecule has 0 fully saturated rings. The monoisotopic (exact) mass is 410 g/mol. The third kappa shape index (κ3) is 4.56. The minimum Gasteiger partial charge on any atom is -0.356 e. The number of nitrogens with one attached hydrogen (secondary N) is 3. The first kappa shape index (κ1) is 20.0. The molecule has 0 saturated carbocycles. The average Bonchev–Trinajstić information content (AvgIpc) is 3.06. The van der Waals surface area contributed by atoms with Crippen LogP contribution in [0.4, 0.5) is 10.2 Å². The van der Waals surface area contributed by atoms with E-state index < -0.39 is 11.9 Å². The molecule has 28 heavy (non-hydrogen) atoms. The number of pyridine rings is 1. The van der Waals surface area contributed by atoms with Crippen LogP contribution in [0.15, 0.2) is 24.7 Å². The number of amides is 1. The molecule has 0 aliphatic rings. The maximum absolute atomic E-state index is 14.2. The maximum Gasteiger partial charge on any atom is 0.242 e. The Morgan fingerprint density at radius 2 is 2.11 bits per heavy atom. The third-order valence-corrected chi connectivity index (χ3v) is 4.46. The highest BCUT2D eigenvalue weighted by molar-refractivity contribution is 6.31. The first-order valence-electron chi connectivity index (χ1n) is 9.05. The Morgan fingerprint density at radius 1 is 1.32 bits per heavy atom. The summed E-state index contributed by atoms with van der Waals surface area (Å²) in [5, 5.41) is 6.85. The van der Waals surface area contributed by atoms with Gasteiger partial charge in [0.2, 0.25) is 5.91 Å². The lowest BCUT2D eigenvalue weighted by atomic mass is 10.1. The number of nitrogens with zero attached hydrogens (tertiary/aromatic N) is 3. The molecule has 0 aromatic carbocycles. The SMILES string of the molecule is CC(C)CCNC(=O)[C@H](C)Nc1nc(-c2c[nH]c3ncc(Cl)cc23)ncc1F.[HH].[HH].[HH]. The summed E-state index contributed by atoms with van der Waals surface area (Å²) in [6, 6.07) is 1.09. The van der Waals surface area contributed by atoms with Crippen LogP contribution in [0.3, 0.4) is 0 Å². The molecule has 0 aliphatic heterocycles. The van der Waals surface area contributed by atoms with Crippen molar-refractivity contribution in [2.24, 2.45) is 5.92 Å². The number of halogens is 2. The zero-order chi connectivity index (χ0) is 20.3. The van der Waals surface area contributed by atoms with Crippen molar-refractivity contribution in [2.75, 3.05) is 11.9 Å². The number of H-pyrrole nitrogens is 1. The van der Waals surface area contributed by atoms with E-state index in [4.69, 9.17) is 11.6 Å². The molecular formula is C19H28ClFN6O. The number of fused-ring (bicyclic) bond motifs is 1. The van der Waals surface area contributed by atoms with Gasteiger partial charge in [0.25, 0.3) is 0 Å². The van der Waals surface area contributed by atoms with E-state index >= 15 is 0 Å². The molecular weight excluding hydrogens is 383 g/mol. The highest BCUT2D eigenvalue weighted by Gasteiger charge is 2.18. The summed E-state index contributed by atoms with van der Waals surface area (Å²) in [5.41, 5.74) is 1.27. The second kappa shape index (κ2) is 8.52. The van der Waals surface area contributed by atoms with Gasteiger partial charge < -0.3 is 15.6 Å². The van der Waals surface area contributed by atoms with E-state index in [1.807, 2.05) is 0 Å². The van der Waals surface area contributed by atoms with E-state index in [0.29, 0.717) is 34.5 Å². The van der Waals surface area contributed by atoms with Crippen molar-refractivity contribution in [3.63, 3.8) is 0 Å². The predicted octanol–water partition coefficient (Wildman–Crippen LogP) is 4.51. The van der Waals surface area contributed by atoms with Crippen molar-refractivity contribution >= 4 is 34.4 Å². The number of anilines is 1. The molecule has 3 heterocycles. The molecule has 1 amide bonds. The molecule has 0 saturated heterocycles. The largest absolute Gasteiger partial charge is 0.356 e. The molecule has 3 aromatic heterocycles. The number of aromatic amines is 1. The van der Waals surface area contributed by atoms with Gasteiger partial charge in [-0.2, -0.15) is 0 Å². The Bertz CT molecular complexity index is 1000. The third-order valence-electron chi connectivity index (χ3n) is 4.25. The van der Waals surface area contributed by atoms with Gasteiger partial charge in [-0.15, -0.1) is 0 Å². The smallest absolute Gasteiger partial charge is 0.242 e. The lowest BCUT2D eigenvalue weighted by Gasteiger charge is -2.16. The Morgan fingerprint density at radius 3 is 2.86 bits per heavy atom. The summed E-state index contributed by atoms with van der Waals surface area (Å²) < 4.78 is 14.2. The normalized spacial score (nSPS) is 12.4. The van der Waals surface area contributed by atoms with Crippen LogP contribution in [0, 0.1) is 11.7 Å². The van der Waals surface area contributed by atoms with Crippen LogP contribution in [0.5, 0.6) is 0 Å². The second-order valence-corrected chi connectivity index (χ2v) is 7.42. The van der Waals surface area contributed by atoms with E-state index in [0.717, 1.165) is 18.0 Å². The van der Waals surface area contributed by atoms with E-state index in [2.05, 4.69) is 44.4 Å². The Balaban J connectivity index is 0.00000300. The fourth-order valence-electron chi connectivity index (χ4n) is 2.67. The van der Waals surface area contributed by atoms with E-state index in [1.165, 1.54) is 6.20 Å². The van der Waals surface area contributed by atoms with Gasteiger partial charge in [-0.05, 0) is 25.3 Å². The first-order valence-corrected chi connectivity index (χ1v) is 9.42. The minimum atomic E-state index is -0.650. The van der Waals surface area contributed by atoms with Gasteiger partial charge in [0.05, 0.1) is 11.2 Å². The summed E-state index contributed by atoms with van der Waals surface area (Å²) in [4.78, 5) is 27.7. The van der Waals surface area contributed by atoms with E-state index in [9.17, 15) is 9.18 Å². The number of hydrogen-bond acceptors (Lipinski definition) is 5. The summed E-state index contributed by atoms with van der Waals surface area (Å²) >= 11 is 6.02. The minimum absolute atomic E-state index is 0. The summed E-state index contributed by atoms with van der Waals surface area (Å²) in [6.45, 7) is 6.39. The van der Waals surface area contributed by atoms with Crippen molar-refractivity contribution in [1.82, 2.24) is 25.3 Å². The molecule has 1 atom stereocenters. The van der Waals surface area contributed by atoms with Crippen LogP contribution in [0.2, 0.25) is 5.02 Å². The zero-order valence-corrected chi connectivity index (χ0v) is 16.6. The standard InChI is InChI=1S/C19H22ClFN6O.3H2/c1-10(2)4-5-22-19(28)11(3)26-18-15(21)9-25-17(27-18)14-8-24-16-13(14)6-12(20)7-23-16;;;/h6-11H,4-5H2,1-3H3,(H,22,28)(H,23,24)(H,25,26,27);3*1H/t11-;;;/m0.../s1.